The Morgan fingerprint density at radius 3 is 2.11 bits per heavy atom. The lowest BCUT2D eigenvalue weighted by atomic mass is 10.1. The Balaban J connectivity index is 1.65. The highest BCUT2D eigenvalue weighted by Gasteiger charge is 2.20. The van der Waals surface area contributed by atoms with E-state index in [2.05, 4.69) is 21.1 Å². The molecule has 9 nitrogen and oxygen atoms in total. The molecule has 3 aromatic carbocycles. The van der Waals surface area contributed by atoms with Crippen molar-refractivity contribution < 1.29 is 14.3 Å². The van der Waals surface area contributed by atoms with Gasteiger partial charge in [-0.15, -0.1) is 5.10 Å². The van der Waals surface area contributed by atoms with Crippen molar-refractivity contribution in [3.63, 3.8) is 0 Å². The first-order valence-electron chi connectivity index (χ1n) is 11.8. The molecule has 0 unspecified atom stereocenters. The van der Waals surface area contributed by atoms with Crippen molar-refractivity contribution in [1.82, 2.24) is 19.6 Å². The molecule has 0 bridgehead atoms. The number of hydrogen-bond donors (Lipinski definition) is 0. The van der Waals surface area contributed by atoms with Crippen molar-refractivity contribution in [3.8, 4) is 28.8 Å². The van der Waals surface area contributed by atoms with E-state index >= 15 is 0 Å². The van der Waals surface area contributed by atoms with E-state index in [0.717, 1.165) is 28.2 Å². The Morgan fingerprint density at radius 1 is 0.921 bits per heavy atom. The normalized spacial score (nSPS) is 10.7. The molecular formula is C29H24N6O3. The largest absolute Gasteiger partial charge is 0.497 e. The lowest BCUT2D eigenvalue weighted by Crippen LogP contribution is -2.24. The first-order chi connectivity index (χ1) is 18.6. The molecule has 0 atom stereocenters. The molecule has 0 N–H and O–H groups in total. The van der Waals surface area contributed by atoms with Crippen LogP contribution in [0, 0.1) is 11.3 Å². The van der Waals surface area contributed by atoms with Gasteiger partial charge in [0.15, 0.2) is 17.8 Å². The standard InChI is InChI=1S/C29H24N6O3/c1-37-24-10-6-20(7-11-24)16-34(17-21-8-12-25(38-2)13-9-21)28-29-32-27(19-36)33-35(29)18-26(31-28)23-5-3-4-22(14-23)15-30/h3-14,18-19H,16-17H2,1-2H3. The average Bonchev–Trinajstić information content (AvgIpc) is 3.40. The maximum absolute atomic E-state index is 11.6. The summed E-state index contributed by atoms with van der Waals surface area (Å²) in [6.07, 6.45) is 2.33. The SMILES string of the molecule is COc1ccc(CN(Cc2ccc(OC)cc2)c2nc(-c3cccc(C#N)c3)cn3nc(C=O)nc23)cc1. The second-order valence-corrected chi connectivity index (χ2v) is 8.55. The number of ether oxygens (including phenoxy) is 2. The van der Waals surface area contributed by atoms with Crippen molar-refractivity contribution in [2.24, 2.45) is 0 Å². The highest BCUT2D eigenvalue weighted by molar-refractivity contribution is 5.75. The molecule has 5 rings (SSSR count). The molecule has 0 aliphatic rings. The summed E-state index contributed by atoms with van der Waals surface area (Å²) in [5, 5.41) is 13.7. The molecular weight excluding hydrogens is 480 g/mol. The summed E-state index contributed by atoms with van der Waals surface area (Å²) in [5.74, 6) is 2.15. The maximum Gasteiger partial charge on any atom is 0.215 e. The number of aromatic nitrogens is 4. The van der Waals surface area contributed by atoms with E-state index in [1.807, 2.05) is 60.7 Å². The lowest BCUT2D eigenvalue weighted by Gasteiger charge is -2.25. The number of carbonyl (C=O) groups excluding carboxylic acids is 1. The third-order valence-electron chi connectivity index (χ3n) is 6.08. The number of nitriles is 1. The first kappa shape index (κ1) is 24.5. The van der Waals surface area contributed by atoms with Crippen LogP contribution >= 0.6 is 0 Å². The third-order valence-corrected chi connectivity index (χ3v) is 6.08. The van der Waals surface area contributed by atoms with Gasteiger partial charge < -0.3 is 14.4 Å². The maximum atomic E-state index is 11.6. The number of anilines is 1. The van der Waals surface area contributed by atoms with Crippen LogP contribution in [-0.2, 0) is 13.1 Å². The fraction of sp³-hybridized carbons (Fsp3) is 0.138. The minimum Gasteiger partial charge on any atom is -0.497 e. The van der Waals surface area contributed by atoms with Crippen molar-refractivity contribution in [3.05, 3.63) is 102 Å². The summed E-state index contributed by atoms with van der Waals surface area (Å²) in [7, 11) is 3.27. The molecule has 9 heteroatoms. The monoisotopic (exact) mass is 504 g/mol. The zero-order chi connectivity index (χ0) is 26.5. The molecule has 0 aliphatic heterocycles. The molecule has 0 aliphatic carbocycles. The Morgan fingerprint density at radius 2 is 1.55 bits per heavy atom. The summed E-state index contributed by atoms with van der Waals surface area (Å²) < 4.78 is 12.2. The van der Waals surface area contributed by atoms with E-state index in [4.69, 9.17) is 14.5 Å². The molecule has 2 heterocycles. The van der Waals surface area contributed by atoms with Gasteiger partial charge in [-0.2, -0.15) is 5.26 Å². The van der Waals surface area contributed by atoms with Crippen molar-refractivity contribution in [1.29, 1.82) is 5.26 Å². The Hall–Kier alpha value is -5.23. The number of hydrogen-bond acceptors (Lipinski definition) is 8. The summed E-state index contributed by atoms with van der Waals surface area (Å²) in [4.78, 5) is 23.1. The van der Waals surface area contributed by atoms with Crippen LogP contribution in [0.3, 0.4) is 0 Å². The van der Waals surface area contributed by atoms with Crippen molar-refractivity contribution in [2.45, 2.75) is 13.1 Å². The molecule has 0 radical (unpaired) electrons. The highest BCUT2D eigenvalue weighted by Crippen LogP contribution is 2.28. The minimum atomic E-state index is 0.0600. The van der Waals surface area contributed by atoms with Crippen LogP contribution in [0.15, 0.2) is 79.0 Å². The number of aldehydes is 1. The van der Waals surface area contributed by atoms with Gasteiger partial charge in [0.1, 0.15) is 11.5 Å². The van der Waals surface area contributed by atoms with Gasteiger partial charge in [-0.3, -0.25) is 4.79 Å². The molecule has 188 valence electrons. The molecule has 0 saturated heterocycles. The van der Waals surface area contributed by atoms with Crippen LogP contribution in [0.5, 0.6) is 11.5 Å². The second kappa shape index (κ2) is 10.8. The number of rotatable bonds is 9. The zero-order valence-corrected chi connectivity index (χ0v) is 20.9. The minimum absolute atomic E-state index is 0.0600. The van der Waals surface area contributed by atoms with Gasteiger partial charge in [-0.1, -0.05) is 36.4 Å². The third kappa shape index (κ3) is 5.15. The van der Waals surface area contributed by atoms with E-state index < -0.39 is 0 Å². The van der Waals surface area contributed by atoms with Crippen molar-refractivity contribution >= 4 is 17.8 Å². The van der Waals surface area contributed by atoms with Gasteiger partial charge in [0.25, 0.3) is 0 Å². The van der Waals surface area contributed by atoms with Gasteiger partial charge in [-0.05, 0) is 47.5 Å². The number of methoxy groups -OCH3 is 2. The van der Waals surface area contributed by atoms with E-state index in [-0.39, 0.29) is 5.82 Å². The van der Waals surface area contributed by atoms with Gasteiger partial charge in [0.05, 0.1) is 37.7 Å². The van der Waals surface area contributed by atoms with Crippen LogP contribution < -0.4 is 14.4 Å². The number of nitrogens with zero attached hydrogens (tertiary/aromatic N) is 6. The van der Waals surface area contributed by atoms with Crippen molar-refractivity contribution in [2.75, 3.05) is 19.1 Å². The second-order valence-electron chi connectivity index (χ2n) is 8.55. The molecule has 0 fully saturated rings. The fourth-order valence-electron chi connectivity index (χ4n) is 4.15. The Bertz CT molecular complexity index is 1570. The van der Waals surface area contributed by atoms with Gasteiger partial charge in [0, 0.05) is 18.7 Å². The predicted molar refractivity (Wildman–Crippen MR) is 142 cm³/mol. The number of benzene rings is 3. The quantitative estimate of drug-likeness (QED) is 0.266. The van der Waals surface area contributed by atoms with Crippen LogP contribution in [0.2, 0.25) is 0 Å². The molecule has 0 spiro atoms. The topological polar surface area (TPSA) is 106 Å². The molecule has 5 aromatic rings. The smallest absolute Gasteiger partial charge is 0.215 e. The Labute approximate surface area is 219 Å². The summed E-state index contributed by atoms with van der Waals surface area (Å²) in [5.41, 5.74) is 4.39. The van der Waals surface area contributed by atoms with Crippen LogP contribution in [0.1, 0.15) is 27.3 Å². The van der Waals surface area contributed by atoms with Gasteiger partial charge >= 0.3 is 0 Å². The zero-order valence-electron chi connectivity index (χ0n) is 20.9. The summed E-state index contributed by atoms with van der Waals surface area (Å²) >= 11 is 0. The van der Waals surface area contributed by atoms with E-state index in [0.29, 0.717) is 42.1 Å². The predicted octanol–water partition coefficient (Wildman–Crippen LogP) is 4.70. The van der Waals surface area contributed by atoms with Crippen LogP contribution in [-0.4, -0.2) is 40.1 Å². The fourth-order valence-corrected chi connectivity index (χ4v) is 4.15. The lowest BCUT2D eigenvalue weighted by molar-refractivity contribution is 0.111. The highest BCUT2D eigenvalue weighted by atomic mass is 16.5. The molecule has 0 amide bonds. The van der Waals surface area contributed by atoms with Gasteiger partial charge in [0.2, 0.25) is 5.82 Å². The molecule has 0 saturated carbocycles. The van der Waals surface area contributed by atoms with Gasteiger partial charge in [-0.25, -0.2) is 14.5 Å². The van der Waals surface area contributed by atoms with E-state index in [9.17, 15) is 10.1 Å². The first-order valence-corrected chi connectivity index (χ1v) is 11.8. The average molecular weight is 505 g/mol. The van der Waals surface area contributed by atoms with E-state index in [1.165, 1.54) is 0 Å². The van der Waals surface area contributed by atoms with Crippen LogP contribution in [0.25, 0.3) is 16.9 Å². The summed E-state index contributed by atoms with van der Waals surface area (Å²) in [6.45, 7) is 1.01. The number of fused-ring (bicyclic) bond motifs is 1. The number of carbonyl (C=O) groups is 1. The molecule has 38 heavy (non-hydrogen) atoms. The van der Waals surface area contributed by atoms with E-state index in [1.54, 1.807) is 37.1 Å². The summed E-state index contributed by atoms with van der Waals surface area (Å²) in [6, 6.07) is 25.0. The van der Waals surface area contributed by atoms with Crippen LogP contribution in [0.4, 0.5) is 5.82 Å². The Kier molecular flexibility index (Phi) is 6.95. The molecule has 2 aromatic heterocycles.